The van der Waals surface area contributed by atoms with Gasteiger partial charge in [0.25, 0.3) is 5.56 Å². The van der Waals surface area contributed by atoms with Crippen molar-refractivity contribution in [1.29, 1.82) is 0 Å². The minimum atomic E-state index is -0.223. The smallest absolute Gasteiger partial charge is 0.276 e. The summed E-state index contributed by atoms with van der Waals surface area (Å²) in [6.07, 6.45) is 0. The Morgan fingerprint density at radius 2 is 1.73 bits per heavy atom. The van der Waals surface area contributed by atoms with Crippen molar-refractivity contribution >= 4 is 56.5 Å². The van der Waals surface area contributed by atoms with Crippen LogP contribution in [-0.2, 0) is 9.59 Å². The Balaban J connectivity index is 1.58. The molecule has 0 spiro atoms. The minimum Gasteiger partial charge on any atom is -0.326 e. The second kappa shape index (κ2) is 9.60. The van der Waals surface area contributed by atoms with Gasteiger partial charge in [-0.2, -0.15) is 0 Å². The molecule has 2 aromatic heterocycles. The standard InChI is InChI=1S/C24H22N4O3S2/c1-14-5-4-6-20(15(14)2)28-23(31)22-19(11-12-32-22)27-24(28)33-13-21(30)26-18-9-7-17(8-10-18)25-16(3)29/h4-12H,13H2,1-3H3,(H,25,29)(H,26,30). The van der Waals surface area contributed by atoms with Crippen LogP contribution in [0.2, 0.25) is 0 Å². The minimum absolute atomic E-state index is 0.0837. The fourth-order valence-corrected chi connectivity index (χ4v) is 4.91. The molecule has 0 atom stereocenters. The predicted molar refractivity (Wildman–Crippen MR) is 135 cm³/mol. The monoisotopic (exact) mass is 478 g/mol. The lowest BCUT2D eigenvalue weighted by molar-refractivity contribution is -0.114. The largest absolute Gasteiger partial charge is 0.326 e. The number of nitrogens with one attached hydrogen (secondary N) is 2. The van der Waals surface area contributed by atoms with Crippen molar-refractivity contribution in [1.82, 2.24) is 9.55 Å². The number of anilines is 2. The third-order valence-electron chi connectivity index (χ3n) is 5.09. The van der Waals surface area contributed by atoms with E-state index in [-0.39, 0.29) is 23.1 Å². The number of carbonyl (C=O) groups excluding carboxylic acids is 2. The van der Waals surface area contributed by atoms with E-state index in [0.717, 1.165) is 16.8 Å². The maximum atomic E-state index is 13.3. The van der Waals surface area contributed by atoms with Crippen LogP contribution in [0.1, 0.15) is 18.1 Å². The Bertz CT molecular complexity index is 1410. The molecule has 0 saturated heterocycles. The third-order valence-corrected chi connectivity index (χ3v) is 6.92. The number of aromatic nitrogens is 2. The molecule has 0 aliphatic rings. The zero-order valence-corrected chi connectivity index (χ0v) is 20.0. The van der Waals surface area contributed by atoms with Crippen LogP contribution in [0.3, 0.4) is 0 Å². The summed E-state index contributed by atoms with van der Waals surface area (Å²) in [6, 6.07) is 14.5. The number of thiophene rings is 1. The topological polar surface area (TPSA) is 93.1 Å². The molecule has 0 unspecified atom stereocenters. The summed E-state index contributed by atoms with van der Waals surface area (Å²) >= 11 is 2.58. The molecule has 0 fully saturated rings. The first-order chi connectivity index (χ1) is 15.8. The summed E-state index contributed by atoms with van der Waals surface area (Å²) in [5, 5.41) is 7.83. The van der Waals surface area contributed by atoms with E-state index in [1.165, 1.54) is 30.0 Å². The number of hydrogen-bond acceptors (Lipinski definition) is 6. The number of benzene rings is 2. The Morgan fingerprint density at radius 3 is 2.42 bits per heavy atom. The molecule has 0 radical (unpaired) electrons. The number of fused-ring (bicyclic) bond motifs is 1. The van der Waals surface area contributed by atoms with Crippen molar-refractivity contribution in [2.24, 2.45) is 0 Å². The lowest BCUT2D eigenvalue weighted by atomic mass is 10.1. The summed E-state index contributed by atoms with van der Waals surface area (Å²) < 4.78 is 2.19. The fourth-order valence-electron chi connectivity index (χ4n) is 3.35. The highest BCUT2D eigenvalue weighted by molar-refractivity contribution is 7.99. The maximum Gasteiger partial charge on any atom is 0.276 e. The van der Waals surface area contributed by atoms with E-state index >= 15 is 0 Å². The molecule has 2 heterocycles. The highest BCUT2D eigenvalue weighted by atomic mass is 32.2. The Kier molecular flexibility index (Phi) is 6.62. The Morgan fingerprint density at radius 1 is 1.03 bits per heavy atom. The van der Waals surface area contributed by atoms with E-state index in [4.69, 9.17) is 0 Å². The van der Waals surface area contributed by atoms with Crippen molar-refractivity contribution in [3.05, 3.63) is 75.4 Å². The summed E-state index contributed by atoms with van der Waals surface area (Å²) in [4.78, 5) is 41.7. The van der Waals surface area contributed by atoms with Gasteiger partial charge in [-0.05, 0) is 66.8 Å². The molecule has 2 aromatic carbocycles. The number of aryl methyl sites for hydroxylation is 1. The van der Waals surface area contributed by atoms with Crippen molar-refractivity contribution in [2.75, 3.05) is 16.4 Å². The van der Waals surface area contributed by atoms with Crippen molar-refractivity contribution < 1.29 is 9.59 Å². The molecule has 7 nitrogen and oxygen atoms in total. The molecule has 4 rings (SSSR count). The van der Waals surface area contributed by atoms with Crippen molar-refractivity contribution in [3.63, 3.8) is 0 Å². The number of amides is 2. The maximum absolute atomic E-state index is 13.3. The number of hydrogen-bond donors (Lipinski definition) is 2. The van der Waals surface area contributed by atoms with Crippen LogP contribution in [-0.4, -0.2) is 27.1 Å². The summed E-state index contributed by atoms with van der Waals surface area (Å²) in [5.74, 6) is -0.298. The van der Waals surface area contributed by atoms with Crippen LogP contribution in [0.5, 0.6) is 0 Å². The van der Waals surface area contributed by atoms with Crippen LogP contribution in [0.15, 0.2) is 63.9 Å². The second-order valence-corrected chi connectivity index (χ2v) is 9.34. The molecule has 0 bridgehead atoms. The van der Waals surface area contributed by atoms with E-state index in [1.807, 2.05) is 43.5 Å². The average Bonchev–Trinajstić information content (AvgIpc) is 3.25. The van der Waals surface area contributed by atoms with Gasteiger partial charge in [0.05, 0.1) is 17.0 Å². The van der Waals surface area contributed by atoms with Gasteiger partial charge in [-0.25, -0.2) is 4.98 Å². The van der Waals surface area contributed by atoms with Crippen LogP contribution < -0.4 is 16.2 Å². The normalized spacial score (nSPS) is 10.9. The first-order valence-electron chi connectivity index (χ1n) is 10.2. The number of carbonyl (C=O) groups is 2. The highest BCUT2D eigenvalue weighted by Gasteiger charge is 2.17. The molecule has 0 aliphatic carbocycles. The Labute approximate surface area is 198 Å². The molecule has 33 heavy (non-hydrogen) atoms. The van der Waals surface area contributed by atoms with Gasteiger partial charge in [-0.1, -0.05) is 23.9 Å². The molecule has 168 valence electrons. The van der Waals surface area contributed by atoms with Gasteiger partial charge < -0.3 is 10.6 Å². The van der Waals surface area contributed by atoms with Crippen LogP contribution >= 0.6 is 23.1 Å². The number of thioether (sulfide) groups is 1. The molecule has 9 heteroatoms. The van der Waals surface area contributed by atoms with E-state index in [2.05, 4.69) is 15.6 Å². The molecule has 4 aromatic rings. The van der Waals surface area contributed by atoms with Gasteiger partial charge in [-0.3, -0.25) is 19.0 Å². The molecule has 2 N–H and O–H groups in total. The summed E-state index contributed by atoms with van der Waals surface area (Å²) in [5.41, 5.74) is 4.58. The highest BCUT2D eigenvalue weighted by Crippen LogP contribution is 2.26. The Hall–Kier alpha value is -3.43. The zero-order chi connectivity index (χ0) is 23.5. The lowest BCUT2D eigenvalue weighted by Crippen LogP contribution is -2.23. The predicted octanol–water partition coefficient (Wildman–Crippen LogP) is 4.75. The van der Waals surface area contributed by atoms with Crippen LogP contribution in [0.4, 0.5) is 11.4 Å². The van der Waals surface area contributed by atoms with Crippen LogP contribution in [0.25, 0.3) is 15.9 Å². The zero-order valence-electron chi connectivity index (χ0n) is 18.3. The molecule has 0 saturated carbocycles. The number of rotatable bonds is 6. The van der Waals surface area contributed by atoms with Gasteiger partial charge >= 0.3 is 0 Å². The van der Waals surface area contributed by atoms with E-state index < -0.39 is 0 Å². The summed E-state index contributed by atoms with van der Waals surface area (Å²) in [6.45, 7) is 5.41. The van der Waals surface area contributed by atoms with E-state index in [9.17, 15) is 14.4 Å². The molecular formula is C24H22N4O3S2. The van der Waals surface area contributed by atoms with Gasteiger partial charge in [0.2, 0.25) is 11.8 Å². The van der Waals surface area contributed by atoms with Crippen LogP contribution in [0, 0.1) is 13.8 Å². The number of nitrogens with zero attached hydrogens (tertiary/aromatic N) is 2. The first-order valence-corrected chi connectivity index (χ1v) is 12.1. The van der Waals surface area contributed by atoms with E-state index in [1.54, 1.807) is 28.8 Å². The average molecular weight is 479 g/mol. The SMILES string of the molecule is CC(=O)Nc1ccc(NC(=O)CSc2nc3ccsc3c(=O)n2-c2cccc(C)c2C)cc1. The van der Waals surface area contributed by atoms with Crippen molar-refractivity contribution in [2.45, 2.75) is 25.9 Å². The van der Waals surface area contributed by atoms with Gasteiger partial charge in [0, 0.05) is 18.3 Å². The first kappa shape index (κ1) is 22.8. The van der Waals surface area contributed by atoms with E-state index in [0.29, 0.717) is 26.7 Å². The third kappa shape index (κ3) is 4.99. The molecular weight excluding hydrogens is 456 g/mol. The second-order valence-electron chi connectivity index (χ2n) is 7.48. The lowest BCUT2D eigenvalue weighted by Gasteiger charge is -2.15. The summed E-state index contributed by atoms with van der Waals surface area (Å²) in [7, 11) is 0. The molecule has 0 aliphatic heterocycles. The molecule has 2 amide bonds. The van der Waals surface area contributed by atoms with Gasteiger partial charge in [0.15, 0.2) is 5.16 Å². The fraction of sp³-hybridized carbons (Fsp3) is 0.167. The van der Waals surface area contributed by atoms with Gasteiger partial charge in [0.1, 0.15) is 4.70 Å². The van der Waals surface area contributed by atoms with Crippen molar-refractivity contribution in [3.8, 4) is 5.69 Å². The van der Waals surface area contributed by atoms with Gasteiger partial charge in [-0.15, -0.1) is 11.3 Å². The quantitative estimate of drug-likeness (QED) is 0.308.